The summed E-state index contributed by atoms with van der Waals surface area (Å²) < 4.78 is 5.43. The molecule has 112 valence electrons. The van der Waals surface area contributed by atoms with Crippen molar-refractivity contribution in [2.24, 2.45) is 0 Å². The van der Waals surface area contributed by atoms with Crippen molar-refractivity contribution < 1.29 is 14.3 Å². The molecule has 2 amide bonds. The molecule has 21 heavy (non-hydrogen) atoms. The standard InChI is InChI=1S/C16H20N2O3/c19-15-7-4-9-17(15)11-16(20)18(14-8-10-21-12-14)13-5-2-1-3-6-13/h1-3,5-6,14H,4,7-12H2/t14-/m1/s1. The summed E-state index contributed by atoms with van der Waals surface area (Å²) in [7, 11) is 0. The van der Waals surface area contributed by atoms with Gasteiger partial charge in [-0.15, -0.1) is 0 Å². The van der Waals surface area contributed by atoms with Crippen LogP contribution in [0.5, 0.6) is 0 Å². The minimum absolute atomic E-state index is 0.0213. The van der Waals surface area contributed by atoms with E-state index in [1.165, 1.54) is 0 Å². The molecule has 2 saturated heterocycles. The van der Waals surface area contributed by atoms with Gasteiger partial charge in [-0.05, 0) is 25.0 Å². The molecular weight excluding hydrogens is 268 g/mol. The Morgan fingerprint density at radius 1 is 1.33 bits per heavy atom. The van der Waals surface area contributed by atoms with Gasteiger partial charge < -0.3 is 14.5 Å². The average Bonchev–Trinajstić information content (AvgIpc) is 3.14. The largest absolute Gasteiger partial charge is 0.379 e. The van der Waals surface area contributed by atoms with Crippen LogP contribution >= 0.6 is 0 Å². The predicted molar refractivity (Wildman–Crippen MR) is 79.0 cm³/mol. The van der Waals surface area contributed by atoms with Gasteiger partial charge in [0, 0.05) is 25.3 Å². The van der Waals surface area contributed by atoms with Crippen molar-refractivity contribution >= 4 is 17.5 Å². The first-order chi connectivity index (χ1) is 10.3. The van der Waals surface area contributed by atoms with E-state index in [9.17, 15) is 9.59 Å². The molecule has 0 unspecified atom stereocenters. The number of hydrogen-bond acceptors (Lipinski definition) is 3. The van der Waals surface area contributed by atoms with E-state index in [-0.39, 0.29) is 24.4 Å². The third kappa shape index (κ3) is 3.08. The third-order valence-electron chi connectivity index (χ3n) is 4.07. The highest BCUT2D eigenvalue weighted by atomic mass is 16.5. The smallest absolute Gasteiger partial charge is 0.246 e. The van der Waals surface area contributed by atoms with Gasteiger partial charge in [-0.25, -0.2) is 0 Å². The second kappa shape index (κ2) is 6.26. The fourth-order valence-corrected chi connectivity index (χ4v) is 2.98. The average molecular weight is 288 g/mol. The van der Waals surface area contributed by atoms with Gasteiger partial charge in [-0.2, -0.15) is 0 Å². The van der Waals surface area contributed by atoms with E-state index in [1.807, 2.05) is 30.3 Å². The fraction of sp³-hybridized carbons (Fsp3) is 0.500. The van der Waals surface area contributed by atoms with Crippen molar-refractivity contribution in [2.45, 2.75) is 25.3 Å². The van der Waals surface area contributed by atoms with Crippen molar-refractivity contribution in [1.29, 1.82) is 0 Å². The van der Waals surface area contributed by atoms with Crippen LogP contribution in [0.2, 0.25) is 0 Å². The summed E-state index contributed by atoms with van der Waals surface area (Å²) in [6, 6.07) is 9.71. The summed E-state index contributed by atoms with van der Waals surface area (Å²) in [5.41, 5.74) is 0.879. The number of para-hydroxylation sites is 1. The number of benzene rings is 1. The normalized spacial score (nSPS) is 21.8. The Morgan fingerprint density at radius 2 is 2.14 bits per heavy atom. The van der Waals surface area contributed by atoms with E-state index in [4.69, 9.17) is 4.74 Å². The zero-order valence-electron chi connectivity index (χ0n) is 12.0. The van der Waals surface area contributed by atoms with Crippen molar-refractivity contribution in [3.63, 3.8) is 0 Å². The summed E-state index contributed by atoms with van der Waals surface area (Å²) in [5.74, 6) is 0.0611. The van der Waals surface area contributed by atoms with Crippen molar-refractivity contribution in [3.05, 3.63) is 30.3 Å². The van der Waals surface area contributed by atoms with Gasteiger partial charge in [0.2, 0.25) is 11.8 Å². The topological polar surface area (TPSA) is 49.9 Å². The molecule has 0 aliphatic carbocycles. The molecule has 1 aromatic rings. The highest BCUT2D eigenvalue weighted by Crippen LogP contribution is 2.22. The first-order valence-electron chi connectivity index (χ1n) is 7.48. The van der Waals surface area contributed by atoms with E-state index >= 15 is 0 Å². The maximum atomic E-state index is 12.7. The van der Waals surface area contributed by atoms with Crippen LogP contribution in [0.15, 0.2) is 30.3 Å². The number of ether oxygens (including phenoxy) is 1. The number of carbonyl (C=O) groups excluding carboxylic acids is 2. The molecule has 5 nitrogen and oxygen atoms in total. The number of likely N-dealkylation sites (tertiary alicyclic amines) is 1. The van der Waals surface area contributed by atoms with Gasteiger partial charge >= 0.3 is 0 Å². The third-order valence-corrected chi connectivity index (χ3v) is 4.07. The van der Waals surface area contributed by atoms with Gasteiger partial charge in [0.25, 0.3) is 0 Å². The van der Waals surface area contributed by atoms with Crippen LogP contribution in [0.25, 0.3) is 0 Å². The SMILES string of the molecule is O=C1CCCN1CC(=O)N(c1ccccc1)[C@@H]1CCOC1. The van der Waals surface area contributed by atoms with Gasteiger partial charge in [0.1, 0.15) is 6.54 Å². The number of hydrogen-bond donors (Lipinski definition) is 0. The molecule has 1 atom stereocenters. The quantitative estimate of drug-likeness (QED) is 0.842. The number of carbonyl (C=O) groups is 2. The van der Waals surface area contributed by atoms with Crippen molar-refractivity contribution in [3.8, 4) is 0 Å². The molecule has 1 aromatic carbocycles. The molecule has 2 aliphatic heterocycles. The minimum atomic E-state index is -0.0213. The molecule has 0 bridgehead atoms. The van der Waals surface area contributed by atoms with Crippen LogP contribution in [0, 0.1) is 0 Å². The molecule has 0 aromatic heterocycles. The maximum absolute atomic E-state index is 12.7. The predicted octanol–water partition coefficient (Wildman–Crippen LogP) is 1.43. The van der Waals surface area contributed by atoms with Crippen LogP contribution in [0.3, 0.4) is 0 Å². The van der Waals surface area contributed by atoms with Crippen molar-refractivity contribution in [2.75, 3.05) is 31.2 Å². The monoisotopic (exact) mass is 288 g/mol. The van der Waals surface area contributed by atoms with E-state index in [0.717, 1.165) is 18.5 Å². The summed E-state index contributed by atoms with van der Waals surface area (Å²) in [6.07, 6.45) is 2.25. The molecule has 2 fully saturated rings. The van der Waals surface area contributed by atoms with E-state index in [0.29, 0.717) is 26.2 Å². The Bertz CT molecular complexity index is 512. The number of rotatable bonds is 4. The maximum Gasteiger partial charge on any atom is 0.246 e. The number of amides is 2. The Morgan fingerprint density at radius 3 is 2.76 bits per heavy atom. The minimum Gasteiger partial charge on any atom is -0.379 e. The van der Waals surface area contributed by atoms with Crippen LogP contribution in [-0.2, 0) is 14.3 Å². The second-order valence-electron chi connectivity index (χ2n) is 5.54. The molecule has 0 N–H and O–H groups in total. The first-order valence-corrected chi connectivity index (χ1v) is 7.48. The number of anilines is 1. The fourth-order valence-electron chi connectivity index (χ4n) is 2.98. The summed E-state index contributed by atoms with van der Waals surface area (Å²) in [5, 5.41) is 0. The number of nitrogens with zero attached hydrogens (tertiary/aromatic N) is 2. The molecule has 2 heterocycles. The van der Waals surface area contributed by atoms with Crippen LogP contribution in [0.1, 0.15) is 19.3 Å². The summed E-state index contributed by atoms with van der Waals surface area (Å²) in [4.78, 5) is 27.9. The Balaban J connectivity index is 1.77. The van der Waals surface area contributed by atoms with Gasteiger partial charge in [0.15, 0.2) is 0 Å². The molecular formula is C16H20N2O3. The molecule has 0 radical (unpaired) electrons. The van der Waals surface area contributed by atoms with Gasteiger partial charge in [-0.1, -0.05) is 18.2 Å². The molecule has 0 saturated carbocycles. The van der Waals surface area contributed by atoms with Crippen LogP contribution < -0.4 is 4.90 Å². The van der Waals surface area contributed by atoms with Crippen LogP contribution in [-0.4, -0.2) is 49.1 Å². The van der Waals surface area contributed by atoms with Gasteiger partial charge in [0.05, 0.1) is 12.6 Å². The second-order valence-corrected chi connectivity index (χ2v) is 5.54. The zero-order chi connectivity index (χ0) is 14.7. The van der Waals surface area contributed by atoms with E-state index < -0.39 is 0 Å². The Labute approximate surface area is 124 Å². The Kier molecular flexibility index (Phi) is 4.20. The summed E-state index contributed by atoms with van der Waals surface area (Å²) in [6.45, 7) is 2.11. The lowest BCUT2D eigenvalue weighted by molar-refractivity contribution is -0.132. The van der Waals surface area contributed by atoms with Crippen LogP contribution in [0.4, 0.5) is 5.69 Å². The van der Waals surface area contributed by atoms with Gasteiger partial charge in [-0.3, -0.25) is 9.59 Å². The van der Waals surface area contributed by atoms with E-state index in [2.05, 4.69) is 0 Å². The molecule has 2 aliphatic rings. The van der Waals surface area contributed by atoms with E-state index in [1.54, 1.807) is 9.80 Å². The highest BCUT2D eigenvalue weighted by Gasteiger charge is 2.31. The lowest BCUT2D eigenvalue weighted by atomic mass is 10.1. The Hall–Kier alpha value is -1.88. The molecule has 5 heteroatoms. The molecule has 0 spiro atoms. The highest BCUT2D eigenvalue weighted by molar-refractivity contribution is 5.97. The summed E-state index contributed by atoms with van der Waals surface area (Å²) >= 11 is 0. The first kappa shape index (κ1) is 14.1. The molecule has 3 rings (SSSR count). The zero-order valence-corrected chi connectivity index (χ0v) is 12.0. The lowest BCUT2D eigenvalue weighted by Gasteiger charge is -2.30. The van der Waals surface area contributed by atoms with Crippen molar-refractivity contribution in [1.82, 2.24) is 4.90 Å². The lowest BCUT2D eigenvalue weighted by Crippen LogP contribution is -2.46.